The van der Waals surface area contributed by atoms with Crippen LogP contribution >= 0.6 is 0 Å². The molecule has 0 bridgehead atoms. The molecule has 0 spiro atoms. The van der Waals surface area contributed by atoms with E-state index in [4.69, 9.17) is 4.99 Å². The van der Waals surface area contributed by atoms with Crippen LogP contribution in [0.4, 0.5) is 11.4 Å². The molecule has 4 nitrogen and oxygen atoms in total. The molecule has 4 rings (SSSR count). The first kappa shape index (κ1) is 19.8. The molecule has 0 unspecified atom stereocenters. The summed E-state index contributed by atoms with van der Waals surface area (Å²) in [5.74, 6) is 1.61. The summed E-state index contributed by atoms with van der Waals surface area (Å²) in [6, 6.07) is 13.0. The number of hydrogen-bond donors (Lipinski definition) is 1. The fourth-order valence-corrected chi connectivity index (χ4v) is 5.03. The number of nitrogens with zero attached hydrogens (tertiary/aromatic N) is 2. The van der Waals surface area contributed by atoms with Gasteiger partial charge < -0.3 is 5.32 Å². The summed E-state index contributed by atoms with van der Waals surface area (Å²) >= 11 is 0. The van der Waals surface area contributed by atoms with Crippen molar-refractivity contribution in [1.29, 1.82) is 0 Å². The normalized spacial score (nSPS) is 20.1. The Morgan fingerprint density at radius 3 is 2.59 bits per heavy atom. The molecule has 2 heterocycles. The smallest absolute Gasteiger partial charge is 0.152 e. The highest BCUT2D eigenvalue weighted by Crippen LogP contribution is 2.48. The summed E-state index contributed by atoms with van der Waals surface area (Å²) in [6.07, 6.45) is 4.20. The topological polar surface area (TPSA) is 44.7 Å². The fraction of sp³-hybridized carbons (Fsp3) is 0.440. The van der Waals surface area contributed by atoms with E-state index >= 15 is 0 Å². The molecular formula is C25H31N3O. The van der Waals surface area contributed by atoms with E-state index < -0.39 is 0 Å². The van der Waals surface area contributed by atoms with Crippen molar-refractivity contribution in [1.82, 2.24) is 5.32 Å². The van der Waals surface area contributed by atoms with Crippen molar-refractivity contribution < 1.29 is 4.79 Å². The Morgan fingerprint density at radius 1 is 1.17 bits per heavy atom. The maximum Gasteiger partial charge on any atom is 0.152 e. The van der Waals surface area contributed by atoms with Crippen molar-refractivity contribution in [3.05, 3.63) is 58.7 Å². The highest BCUT2D eigenvalue weighted by Gasteiger charge is 2.43. The predicted octanol–water partition coefficient (Wildman–Crippen LogP) is 4.99. The Hall–Kier alpha value is -2.46. The molecule has 29 heavy (non-hydrogen) atoms. The minimum absolute atomic E-state index is 0.213. The number of aldehydes is 1. The van der Waals surface area contributed by atoms with Crippen LogP contribution in [0.1, 0.15) is 66.6 Å². The number of amidine groups is 1. The van der Waals surface area contributed by atoms with Crippen molar-refractivity contribution >= 4 is 23.5 Å². The van der Waals surface area contributed by atoms with Gasteiger partial charge in [0.1, 0.15) is 5.84 Å². The molecule has 152 valence electrons. The highest BCUT2D eigenvalue weighted by atomic mass is 16.1. The minimum atomic E-state index is -0.213. The van der Waals surface area contributed by atoms with Gasteiger partial charge in [-0.1, -0.05) is 31.2 Å². The van der Waals surface area contributed by atoms with Crippen LogP contribution < -0.4 is 10.2 Å². The minimum Gasteiger partial charge on any atom is -0.317 e. The lowest BCUT2D eigenvalue weighted by atomic mass is 9.82. The van der Waals surface area contributed by atoms with Crippen molar-refractivity contribution in [2.24, 2.45) is 4.99 Å². The zero-order valence-electron chi connectivity index (χ0n) is 18.0. The first-order chi connectivity index (χ1) is 14.0. The Morgan fingerprint density at radius 2 is 1.93 bits per heavy atom. The standard InChI is InChI=1S/C25H31N3O/c1-5-17-7-6-8-22(20(17)16-29)28-23-10-9-19(18-11-13-27-14-12-18)15-21(23)25(2,3)24(28)26-4/h6-10,15-16,18,27H,5,11-14H2,1-4H3. The van der Waals surface area contributed by atoms with Gasteiger partial charge in [0.15, 0.2) is 6.29 Å². The average Bonchev–Trinajstić information content (AvgIpc) is 2.99. The van der Waals surface area contributed by atoms with Crippen LogP contribution in [0.5, 0.6) is 0 Å². The molecule has 0 aromatic heterocycles. The second-order valence-corrected chi connectivity index (χ2v) is 8.63. The van der Waals surface area contributed by atoms with E-state index in [2.05, 4.69) is 49.2 Å². The molecule has 1 fully saturated rings. The maximum atomic E-state index is 12.0. The zero-order chi connectivity index (χ0) is 20.6. The van der Waals surface area contributed by atoms with Crippen molar-refractivity contribution in [2.45, 2.75) is 51.4 Å². The largest absolute Gasteiger partial charge is 0.317 e. The van der Waals surface area contributed by atoms with Gasteiger partial charge in [0.2, 0.25) is 0 Å². The molecule has 1 saturated heterocycles. The van der Waals surface area contributed by atoms with Crippen LogP contribution in [0.15, 0.2) is 41.4 Å². The monoisotopic (exact) mass is 389 g/mol. The van der Waals surface area contributed by atoms with E-state index in [-0.39, 0.29) is 5.41 Å². The van der Waals surface area contributed by atoms with Crippen LogP contribution in [-0.2, 0) is 11.8 Å². The first-order valence-corrected chi connectivity index (χ1v) is 10.7. The van der Waals surface area contributed by atoms with Crippen LogP contribution in [0.2, 0.25) is 0 Å². The highest BCUT2D eigenvalue weighted by molar-refractivity contribution is 6.17. The lowest BCUT2D eigenvalue weighted by Gasteiger charge is -2.26. The first-order valence-electron chi connectivity index (χ1n) is 10.7. The summed E-state index contributed by atoms with van der Waals surface area (Å²) in [5.41, 5.74) is 6.43. The third kappa shape index (κ3) is 3.20. The summed E-state index contributed by atoms with van der Waals surface area (Å²) in [4.78, 5) is 18.9. The molecule has 0 amide bonds. The van der Waals surface area contributed by atoms with E-state index in [0.717, 1.165) is 54.1 Å². The number of carbonyl (C=O) groups excluding carboxylic acids is 1. The van der Waals surface area contributed by atoms with Crippen molar-refractivity contribution in [2.75, 3.05) is 25.0 Å². The predicted molar refractivity (Wildman–Crippen MR) is 121 cm³/mol. The average molecular weight is 390 g/mol. The van der Waals surface area contributed by atoms with Gasteiger partial charge in [-0.3, -0.25) is 14.7 Å². The fourth-order valence-electron chi connectivity index (χ4n) is 5.03. The van der Waals surface area contributed by atoms with Gasteiger partial charge in [-0.2, -0.15) is 0 Å². The lowest BCUT2D eigenvalue weighted by Crippen LogP contribution is -2.34. The van der Waals surface area contributed by atoms with Gasteiger partial charge in [0, 0.05) is 18.0 Å². The number of benzene rings is 2. The molecule has 2 aliphatic rings. The van der Waals surface area contributed by atoms with Gasteiger partial charge in [-0.25, -0.2) is 0 Å². The number of hydrogen-bond acceptors (Lipinski definition) is 3. The Labute approximate surface area is 174 Å². The Bertz CT molecular complexity index is 955. The zero-order valence-corrected chi connectivity index (χ0v) is 18.0. The summed E-state index contributed by atoms with van der Waals surface area (Å²) in [5, 5.41) is 3.46. The van der Waals surface area contributed by atoms with Gasteiger partial charge in [-0.15, -0.1) is 0 Å². The summed E-state index contributed by atoms with van der Waals surface area (Å²) < 4.78 is 0. The van der Waals surface area contributed by atoms with E-state index in [1.54, 1.807) is 0 Å². The molecule has 0 radical (unpaired) electrons. The van der Waals surface area contributed by atoms with Crippen LogP contribution in [0.25, 0.3) is 0 Å². The molecule has 2 aromatic carbocycles. The van der Waals surface area contributed by atoms with Crippen LogP contribution in [0, 0.1) is 0 Å². The number of aliphatic imine (C=N–C) groups is 1. The molecule has 1 N–H and O–H groups in total. The second-order valence-electron chi connectivity index (χ2n) is 8.63. The summed E-state index contributed by atoms with van der Waals surface area (Å²) in [6.45, 7) is 8.75. The van der Waals surface area contributed by atoms with E-state index in [0.29, 0.717) is 5.92 Å². The van der Waals surface area contributed by atoms with E-state index in [1.807, 2.05) is 25.2 Å². The number of piperidine rings is 1. The van der Waals surface area contributed by atoms with E-state index in [9.17, 15) is 4.79 Å². The Kier molecular flexibility index (Phi) is 5.30. The van der Waals surface area contributed by atoms with Gasteiger partial charge in [0.05, 0.1) is 11.4 Å². The van der Waals surface area contributed by atoms with Crippen molar-refractivity contribution in [3.8, 4) is 0 Å². The Balaban J connectivity index is 1.87. The van der Waals surface area contributed by atoms with Gasteiger partial charge in [-0.05, 0) is 80.9 Å². The maximum absolute atomic E-state index is 12.0. The second kappa shape index (κ2) is 7.75. The molecule has 2 aliphatic heterocycles. The van der Waals surface area contributed by atoms with Crippen LogP contribution in [0.3, 0.4) is 0 Å². The molecule has 0 atom stereocenters. The molecular weight excluding hydrogens is 358 g/mol. The molecule has 0 aliphatic carbocycles. The van der Waals surface area contributed by atoms with Gasteiger partial charge in [0.25, 0.3) is 0 Å². The van der Waals surface area contributed by atoms with Gasteiger partial charge >= 0.3 is 0 Å². The number of nitrogens with one attached hydrogen (secondary N) is 1. The number of fused-ring (bicyclic) bond motifs is 1. The lowest BCUT2D eigenvalue weighted by molar-refractivity contribution is 0.112. The third-order valence-corrected chi connectivity index (χ3v) is 6.64. The number of rotatable bonds is 4. The number of anilines is 2. The van der Waals surface area contributed by atoms with Crippen molar-refractivity contribution in [3.63, 3.8) is 0 Å². The molecule has 0 saturated carbocycles. The van der Waals surface area contributed by atoms with Crippen LogP contribution in [-0.4, -0.2) is 32.3 Å². The van der Waals surface area contributed by atoms with E-state index in [1.165, 1.54) is 24.0 Å². The number of carbonyl (C=O) groups is 1. The third-order valence-electron chi connectivity index (χ3n) is 6.64. The number of aryl methyl sites for hydroxylation is 1. The quantitative estimate of drug-likeness (QED) is 0.750. The molecule has 4 heteroatoms. The SMILES string of the molecule is CCc1cccc(N2C(=NC)C(C)(C)c3cc(C4CCNCC4)ccc32)c1C=O. The summed E-state index contributed by atoms with van der Waals surface area (Å²) in [7, 11) is 1.86. The molecule has 2 aromatic rings.